The number of hydrogen-bond donors (Lipinski definition) is 1. The lowest BCUT2D eigenvalue weighted by atomic mass is 10.3. The molecule has 0 saturated carbocycles. The van der Waals surface area contributed by atoms with Crippen LogP contribution in [-0.4, -0.2) is 24.3 Å². The van der Waals surface area contributed by atoms with Gasteiger partial charge < -0.3 is 5.32 Å². The first-order valence-electron chi connectivity index (χ1n) is 7.67. The van der Waals surface area contributed by atoms with Crippen LogP contribution in [-0.2, 0) is 6.18 Å². The SMILES string of the molecule is FC(F)(F)c1nc2cnccn2c1-c1nccc(Nc2ccc(Cl)cc2)n1. The molecular weight excluding hydrogens is 381 g/mol. The number of imidazole rings is 1. The van der Waals surface area contributed by atoms with E-state index in [1.165, 1.54) is 29.2 Å². The Morgan fingerprint density at radius 1 is 1.00 bits per heavy atom. The molecule has 0 bridgehead atoms. The van der Waals surface area contributed by atoms with Crippen LogP contribution in [0, 0.1) is 0 Å². The summed E-state index contributed by atoms with van der Waals surface area (Å²) < 4.78 is 41.7. The first-order valence-corrected chi connectivity index (χ1v) is 8.05. The minimum atomic E-state index is -4.66. The lowest BCUT2D eigenvalue weighted by Crippen LogP contribution is -2.09. The lowest BCUT2D eigenvalue weighted by Gasteiger charge is -2.09. The van der Waals surface area contributed by atoms with Crippen LogP contribution in [0.25, 0.3) is 17.2 Å². The molecule has 0 spiro atoms. The normalized spacial score (nSPS) is 11.7. The van der Waals surface area contributed by atoms with Crippen molar-refractivity contribution < 1.29 is 13.2 Å². The molecule has 3 heterocycles. The third-order valence-electron chi connectivity index (χ3n) is 3.68. The molecule has 0 aliphatic carbocycles. The molecule has 0 unspecified atom stereocenters. The van der Waals surface area contributed by atoms with Crippen molar-refractivity contribution >= 4 is 28.8 Å². The fourth-order valence-electron chi connectivity index (χ4n) is 2.54. The van der Waals surface area contributed by atoms with Gasteiger partial charge in [-0.05, 0) is 30.3 Å². The number of benzene rings is 1. The van der Waals surface area contributed by atoms with E-state index in [0.29, 0.717) is 16.5 Å². The molecule has 10 heteroatoms. The van der Waals surface area contributed by atoms with E-state index in [0.717, 1.165) is 0 Å². The van der Waals surface area contributed by atoms with Crippen molar-refractivity contribution in [3.63, 3.8) is 0 Å². The Morgan fingerprint density at radius 3 is 2.52 bits per heavy atom. The second-order valence-corrected chi connectivity index (χ2v) is 5.95. The van der Waals surface area contributed by atoms with E-state index in [1.807, 2.05) is 0 Å². The molecule has 0 saturated heterocycles. The molecule has 136 valence electrons. The van der Waals surface area contributed by atoms with E-state index in [2.05, 4.69) is 25.3 Å². The van der Waals surface area contributed by atoms with Crippen LogP contribution >= 0.6 is 11.6 Å². The summed E-state index contributed by atoms with van der Waals surface area (Å²) in [7, 11) is 0. The highest BCUT2D eigenvalue weighted by Crippen LogP contribution is 2.36. The molecule has 0 amide bonds. The van der Waals surface area contributed by atoms with Crippen molar-refractivity contribution in [3.05, 3.63) is 65.8 Å². The Hall–Kier alpha value is -3.20. The maximum Gasteiger partial charge on any atom is 0.435 e. The largest absolute Gasteiger partial charge is 0.435 e. The topological polar surface area (TPSA) is 68.0 Å². The van der Waals surface area contributed by atoms with Crippen LogP contribution in [0.2, 0.25) is 5.02 Å². The van der Waals surface area contributed by atoms with Gasteiger partial charge >= 0.3 is 6.18 Å². The zero-order chi connectivity index (χ0) is 19.0. The van der Waals surface area contributed by atoms with Gasteiger partial charge in [-0.15, -0.1) is 0 Å². The van der Waals surface area contributed by atoms with Crippen LogP contribution < -0.4 is 5.32 Å². The van der Waals surface area contributed by atoms with E-state index in [4.69, 9.17) is 11.6 Å². The summed E-state index contributed by atoms with van der Waals surface area (Å²) in [5.74, 6) is 0.222. The van der Waals surface area contributed by atoms with Crippen LogP contribution in [0.3, 0.4) is 0 Å². The molecule has 0 radical (unpaired) electrons. The molecule has 0 atom stereocenters. The summed E-state index contributed by atoms with van der Waals surface area (Å²) in [4.78, 5) is 15.7. The molecule has 3 aromatic heterocycles. The quantitative estimate of drug-likeness (QED) is 0.553. The highest BCUT2D eigenvalue weighted by atomic mass is 35.5. The smallest absolute Gasteiger partial charge is 0.340 e. The predicted molar refractivity (Wildman–Crippen MR) is 93.7 cm³/mol. The average molecular weight is 391 g/mol. The molecule has 6 nitrogen and oxygen atoms in total. The third kappa shape index (κ3) is 3.41. The van der Waals surface area contributed by atoms with Gasteiger partial charge in [0, 0.05) is 29.3 Å². The average Bonchev–Trinajstić information content (AvgIpc) is 3.04. The van der Waals surface area contributed by atoms with Gasteiger partial charge in [0.2, 0.25) is 0 Å². The Morgan fingerprint density at radius 2 is 1.78 bits per heavy atom. The van der Waals surface area contributed by atoms with Gasteiger partial charge in [0.1, 0.15) is 11.5 Å². The van der Waals surface area contributed by atoms with Gasteiger partial charge in [0.05, 0.1) is 6.20 Å². The predicted octanol–water partition coefficient (Wildman–Crippen LogP) is 4.60. The monoisotopic (exact) mass is 390 g/mol. The molecule has 0 fully saturated rings. The van der Waals surface area contributed by atoms with Gasteiger partial charge in [0.25, 0.3) is 0 Å². The Balaban J connectivity index is 1.81. The Labute approximate surface area is 155 Å². The number of hydrogen-bond acceptors (Lipinski definition) is 5. The number of aromatic nitrogens is 5. The lowest BCUT2D eigenvalue weighted by molar-refractivity contribution is -0.140. The highest BCUT2D eigenvalue weighted by molar-refractivity contribution is 6.30. The first-order chi connectivity index (χ1) is 12.9. The standard InChI is InChI=1S/C17H10ClF3N6/c18-10-1-3-11(4-2-10)24-12-5-6-23-16(25-12)14-15(17(19,20)21)26-13-9-22-7-8-27(13)14/h1-9H,(H,23,24,25). The van der Waals surface area contributed by atoms with E-state index in [9.17, 15) is 13.2 Å². The van der Waals surface area contributed by atoms with E-state index in [-0.39, 0.29) is 17.2 Å². The number of halogens is 4. The van der Waals surface area contributed by atoms with Gasteiger partial charge in [-0.1, -0.05) is 11.6 Å². The van der Waals surface area contributed by atoms with Crippen molar-refractivity contribution in [2.24, 2.45) is 0 Å². The highest BCUT2D eigenvalue weighted by Gasteiger charge is 2.39. The van der Waals surface area contributed by atoms with E-state index in [1.54, 1.807) is 30.3 Å². The first kappa shape index (κ1) is 17.2. The van der Waals surface area contributed by atoms with Crippen LogP contribution in [0.5, 0.6) is 0 Å². The van der Waals surface area contributed by atoms with Crippen molar-refractivity contribution in [2.75, 3.05) is 5.32 Å². The molecule has 27 heavy (non-hydrogen) atoms. The summed E-state index contributed by atoms with van der Waals surface area (Å²) in [6, 6.07) is 8.38. The molecule has 0 aliphatic heterocycles. The Kier molecular flexibility index (Phi) is 4.15. The van der Waals surface area contributed by atoms with Gasteiger partial charge in [-0.3, -0.25) is 9.38 Å². The maximum atomic E-state index is 13.5. The summed E-state index contributed by atoms with van der Waals surface area (Å²) in [5.41, 5.74) is -0.583. The molecule has 4 aromatic rings. The number of rotatable bonds is 3. The zero-order valence-electron chi connectivity index (χ0n) is 13.4. The summed E-state index contributed by atoms with van der Waals surface area (Å²) in [6.07, 6.45) is 0.712. The zero-order valence-corrected chi connectivity index (χ0v) is 14.2. The number of alkyl halides is 3. The minimum Gasteiger partial charge on any atom is -0.340 e. The molecular formula is C17H10ClF3N6. The van der Waals surface area contributed by atoms with Gasteiger partial charge in [-0.25, -0.2) is 15.0 Å². The number of fused-ring (bicyclic) bond motifs is 1. The van der Waals surface area contributed by atoms with Crippen LogP contribution in [0.15, 0.2) is 55.1 Å². The van der Waals surface area contributed by atoms with Crippen molar-refractivity contribution in [3.8, 4) is 11.5 Å². The molecule has 1 N–H and O–H groups in total. The summed E-state index contributed by atoms with van der Waals surface area (Å²) in [5, 5.41) is 3.57. The van der Waals surface area contributed by atoms with Crippen molar-refractivity contribution in [1.29, 1.82) is 0 Å². The van der Waals surface area contributed by atoms with E-state index >= 15 is 0 Å². The fraction of sp³-hybridized carbons (Fsp3) is 0.0588. The van der Waals surface area contributed by atoms with Gasteiger partial charge in [-0.2, -0.15) is 13.2 Å². The molecule has 4 rings (SSSR count). The minimum absolute atomic E-state index is 0.0551. The van der Waals surface area contributed by atoms with Gasteiger partial charge in [0.15, 0.2) is 17.2 Å². The van der Waals surface area contributed by atoms with E-state index < -0.39 is 11.9 Å². The van der Waals surface area contributed by atoms with Crippen molar-refractivity contribution in [1.82, 2.24) is 24.3 Å². The van der Waals surface area contributed by atoms with Crippen molar-refractivity contribution in [2.45, 2.75) is 6.18 Å². The maximum absolute atomic E-state index is 13.5. The number of nitrogens with one attached hydrogen (secondary N) is 1. The second kappa shape index (κ2) is 6.51. The molecule has 0 aliphatic rings. The number of nitrogens with zero attached hydrogens (tertiary/aromatic N) is 5. The van der Waals surface area contributed by atoms with Crippen LogP contribution in [0.4, 0.5) is 24.7 Å². The Bertz CT molecular complexity index is 1110. The third-order valence-corrected chi connectivity index (χ3v) is 3.93. The fourth-order valence-corrected chi connectivity index (χ4v) is 2.67. The second-order valence-electron chi connectivity index (χ2n) is 5.51. The summed E-state index contributed by atoms with van der Waals surface area (Å²) >= 11 is 5.85. The molecule has 1 aromatic carbocycles. The number of anilines is 2. The summed E-state index contributed by atoms with van der Waals surface area (Å²) in [6.45, 7) is 0. The van der Waals surface area contributed by atoms with Crippen LogP contribution in [0.1, 0.15) is 5.69 Å².